The number of carbonyl (C=O) groups excluding carboxylic acids is 1. The van der Waals surface area contributed by atoms with E-state index in [0.717, 1.165) is 5.56 Å². The van der Waals surface area contributed by atoms with E-state index in [1.165, 1.54) is 0 Å². The smallest absolute Gasteiger partial charge is 0.233 e. The van der Waals surface area contributed by atoms with Gasteiger partial charge < -0.3 is 0 Å². The van der Waals surface area contributed by atoms with E-state index in [0.29, 0.717) is 18.1 Å². The monoisotopic (exact) mass is 256 g/mol. The molecule has 0 spiro atoms. The van der Waals surface area contributed by atoms with E-state index in [4.69, 9.17) is 0 Å². The molecule has 1 N–H and O–H groups in total. The van der Waals surface area contributed by atoms with Crippen LogP contribution in [0.25, 0.3) is 11.4 Å². The van der Waals surface area contributed by atoms with Crippen LogP contribution < -0.4 is 5.32 Å². The quantitative estimate of drug-likeness (QED) is 0.856. The Kier molecular flexibility index (Phi) is 3.55. The predicted molar refractivity (Wildman–Crippen MR) is 73.6 cm³/mol. The second kappa shape index (κ2) is 5.14. The molecule has 2 rings (SSSR count). The fourth-order valence-corrected chi connectivity index (χ4v) is 1.54. The molecule has 0 saturated heterocycles. The first kappa shape index (κ1) is 13.1. The average Bonchev–Trinajstić information content (AvgIpc) is 2.39. The molecule has 2 aromatic rings. The molecule has 1 heterocycles. The zero-order valence-electron chi connectivity index (χ0n) is 11.2. The lowest BCUT2D eigenvalue weighted by molar-refractivity contribution is -0.105. The third-order valence-corrected chi connectivity index (χ3v) is 2.53. The van der Waals surface area contributed by atoms with Crippen molar-refractivity contribution in [2.75, 3.05) is 5.32 Å². The summed E-state index contributed by atoms with van der Waals surface area (Å²) in [6, 6.07) is 9.62. The largest absolute Gasteiger partial charge is 0.297 e. The minimum atomic E-state index is -0.216. The number of benzene rings is 1. The standard InChI is InChI=1S/C14H16N4O/c1-14(2,3)12-16-11(10-7-5-4-6-8-10)17-13(18-12)15-9-19/h4-9H,1-3H3,(H,15,16,17,18,19). The average molecular weight is 256 g/mol. The molecule has 5 nitrogen and oxygen atoms in total. The van der Waals surface area contributed by atoms with Gasteiger partial charge >= 0.3 is 0 Å². The highest BCUT2D eigenvalue weighted by molar-refractivity contribution is 5.68. The van der Waals surface area contributed by atoms with Crippen LogP contribution in [0.1, 0.15) is 26.6 Å². The van der Waals surface area contributed by atoms with Crippen molar-refractivity contribution in [2.45, 2.75) is 26.2 Å². The Morgan fingerprint density at radius 2 is 1.74 bits per heavy atom. The lowest BCUT2D eigenvalue weighted by atomic mass is 9.96. The molecule has 0 aliphatic heterocycles. The number of amides is 1. The summed E-state index contributed by atoms with van der Waals surface area (Å²) in [7, 11) is 0. The summed E-state index contributed by atoms with van der Waals surface area (Å²) in [5, 5.41) is 2.49. The van der Waals surface area contributed by atoms with Gasteiger partial charge in [-0.1, -0.05) is 51.1 Å². The van der Waals surface area contributed by atoms with Crippen molar-refractivity contribution in [3.63, 3.8) is 0 Å². The summed E-state index contributed by atoms with van der Waals surface area (Å²) < 4.78 is 0. The Morgan fingerprint density at radius 3 is 2.32 bits per heavy atom. The lowest BCUT2D eigenvalue weighted by Gasteiger charge is -2.17. The summed E-state index contributed by atoms with van der Waals surface area (Å²) >= 11 is 0. The van der Waals surface area contributed by atoms with Gasteiger partial charge in [-0.15, -0.1) is 0 Å². The van der Waals surface area contributed by atoms with Crippen LogP contribution in [0, 0.1) is 0 Å². The van der Waals surface area contributed by atoms with Crippen LogP contribution in [0.2, 0.25) is 0 Å². The molecule has 0 aliphatic carbocycles. The van der Waals surface area contributed by atoms with E-state index in [1.807, 2.05) is 51.1 Å². The van der Waals surface area contributed by atoms with Crippen molar-refractivity contribution in [2.24, 2.45) is 0 Å². The predicted octanol–water partition coefficient (Wildman–Crippen LogP) is 2.40. The number of anilines is 1. The Hall–Kier alpha value is -2.30. The van der Waals surface area contributed by atoms with E-state index in [1.54, 1.807) is 0 Å². The summed E-state index contributed by atoms with van der Waals surface area (Å²) in [6.45, 7) is 6.05. The van der Waals surface area contributed by atoms with Gasteiger partial charge in [0.25, 0.3) is 0 Å². The number of aromatic nitrogens is 3. The molecule has 0 aliphatic rings. The van der Waals surface area contributed by atoms with Gasteiger partial charge in [0.05, 0.1) is 0 Å². The van der Waals surface area contributed by atoms with Crippen molar-refractivity contribution >= 4 is 12.4 Å². The van der Waals surface area contributed by atoms with E-state index in [2.05, 4.69) is 20.3 Å². The molecule has 0 atom stereocenters. The van der Waals surface area contributed by atoms with Gasteiger partial charge in [0, 0.05) is 11.0 Å². The van der Waals surface area contributed by atoms with Gasteiger partial charge in [-0.25, -0.2) is 4.98 Å². The zero-order chi connectivity index (χ0) is 13.9. The lowest BCUT2D eigenvalue weighted by Crippen LogP contribution is -2.18. The van der Waals surface area contributed by atoms with Crippen LogP contribution in [0.5, 0.6) is 0 Å². The molecule has 0 unspecified atom stereocenters. The van der Waals surface area contributed by atoms with Gasteiger partial charge in [-0.3, -0.25) is 10.1 Å². The fourth-order valence-electron chi connectivity index (χ4n) is 1.54. The zero-order valence-corrected chi connectivity index (χ0v) is 11.2. The van der Waals surface area contributed by atoms with Crippen LogP contribution >= 0.6 is 0 Å². The fraction of sp³-hybridized carbons (Fsp3) is 0.286. The van der Waals surface area contributed by atoms with Crippen molar-refractivity contribution in [3.8, 4) is 11.4 Å². The van der Waals surface area contributed by atoms with Crippen LogP contribution in [-0.4, -0.2) is 21.4 Å². The third kappa shape index (κ3) is 3.13. The maximum Gasteiger partial charge on any atom is 0.233 e. The molecule has 1 amide bonds. The Balaban J connectivity index is 2.55. The highest BCUT2D eigenvalue weighted by atomic mass is 16.1. The van der Waals surface area contributed by atoms with E-state index in [-0.39, 0.29) is 11.4 Å². The van der Waals surface area contributed by atoms with Crippen molar-refractivity contribution in [1.29, 1.82) is 0 Å². The normalized spacial score (nSPS) is 11.1. The van der Waals surface area contributed by atoms with Gasteiger partial charge in [0.2, 0.25) is 12.4 Å². The molecule has 5 heteroatoms. The number of hydrogen-bond acceptors (Lipinski definition) is 4. The molecule has 19 heavy (non-hydrogen) atoms. The Bertz CT molecular complexity index is 576. The first-order valence-electron chi connectivity index (χ1n) is 6.03. The molecule has 98 valence electrons. The molecule has 0 bridgehead atoms. The van der Waals surface area contributed by atoms with Crippen LogP contribution in [-0.2, 0) is 10.2 Å². The van der Waals surface area contributed by atoms with Crippen LogP contribution in [0.3, 0.4) is 0 Å². The maximum absolute atomic E-state index is 10.6. The minimum absolute atomic E-state index is 0.216. The highest BCUT2D eigenvalue weighted by Crippen LogP contribution is 2.22. The SMILES string of the molecule is CC(C)(C)c1nc(NC=O)nc(-c2ccccc2)n1. The van der Waals surface area contributed by atoms with E-state index < -0.39 is 0 Å². The number of carbonyl (C=O) groups is 1. The number of nitrogens with zero attached hydrogens (tertiary/aromatic N) is 3. The molecular formula is C14H16N4O. The van der Waals surface area contributed by atoms with Crippen molar-refractivity contribution in [3.05, 3.63) is 36.2 Å². The van der Waals surface area contributed by atoms with Crippen molar-refractivity contribution < 1.29 is 4.79 Å². The van der Waals surface area contributed by atoms with Crippen LogP contribution in [0.15, 0.2) is 30.3 Å². The maximum atomic E-state index is 10.6. The van der Waals surface area contributed by atoms with Gasteiger partial charge in [0.1, 0.15) is 5.82 Å². The van der Waals surface area contributed by atoms with Gasteiger partial charge in [-0.2, -0.15) is 9.97 Å². The summed E-state index contributed by atoms with van der Waals surface area (Å²) in [5.74, 6) is 1.48. The van der Waals surface area contributed by atoms with E-state index >= 15 is 0 Å². The molecule has 1 aromatic heterocycles. The Labute approximate surface area is 112 Å². The highest BCUT2D eigenvalue weighted by Gasteiger charge is 2.20. The molecular weight excluding hydrogens is 240 g/mol. The minimum Gasteiger partial charge on any atom is -0.297 e. The first-order chi connectivity index (χ1) is 9.00. The number of nitrogens with one attached hydrogen (secondary N) is 1. The van der Waals surface area contributed by atoms with Gasteiger partial charge in [-0.05, 0) is 0 Å². The molecule has 0 radical (unpaired) electrons. The third-order valence-electron chi connectivity index (χ3n) is 2.53. The second-order valence-electron chi connectivity index (χ2n) is 5.18. The number of rotatable bonds is 3. The first-order valence-corrected chi connectivity index (χ1v) is 6.03. The topological polar surface area (TPSA) is 67.8 Å². The molecule has 0 fully saturated rings. The van der Waals surface area contributed by atoms with Crippen LogP contribution in [0.4, 0.5) is 5.95 Å². The summed E-state index contributed by atoms with van der Waals surface area (Å²) in [4.78, 5) is 23.5. The second-order valence-corrected chi connectivity index (χ2v) is 5.18. The molecule has 0 saturated carbocycles. The van der Waals surface area contributed by atoms with E-state index in [9.17, 15) is 4.79 Å². The number of hydrogen-bond donors (Lipinski definition) is 1. The Morgan fingerprint density at radius 1 is 1.05 bits per heavy atom. The van der Waals surface area contributed by atoms with Gasteiger partial charge in [0.15, 0.2) is 5.82 Å². The molecule has 1 aromatic carbocycles. The summed E-state index contributed by atoms with van der Waals surface area (Å²) in [5.41, 5.74) is 0.676. The summed E-state index contributed by atoms with van der Waals surface area (Å²) in [6.07, 6.45) is 0.566. The van der Waals surface area contributed by atoms with Crippen molar-refractivity contribution in [1.82, 2.24) is 15.0 Å².